The van der Waals surface area contributed by atoms with E-state index < -0.39 is 28.4 Å². The van der Waals surface area contributed by atoms with Crippen molar-refractivity contribution >= 4 is 39.0 Å². The first-order valence-corrected chi connectivity index (χ1v) is 10.2. The summed E-state index contributed by atoms with van der Waals surface area (Å²) >= 11 is 0. The average molecular weight is 407 g/mol. The van der Waals surface area contributed by atoms with E-state index in [-0.39, 0.29) is 40.0 Å². The van der Waals surface area contributed by atoms with Gasteiger partial charge in [-0.05, 0) is 24.5 Å². The summed E-state index contributed by atoms with van der Waals surface area (Å²) in [5, 5.41) is 14.6. The number of hydrogen-bond acceptors (Lipinski definition) is 8. The Hall–Kier alpha value is -3.08. The molecule has 0 aromatic carbocycles. The predicted molar refractivity (Wildman–Crippen MR) is 102 cm³/mol. The van der Waals surface area contributed by atoms with Gasteiger partial charge in [0.2, 0.25) is 5.91 Å². The van der Waals surface area contributed by atoms with Gasteiger partial charge in [0.05, 0.1) is 5.69 Å². The summed E-state index contributed by atoms with van der Waals surface area (Å²) in [6, 6.07) is 4.00. The second kappa shape index (κ2) is 7.50. The fraction of sp³-hybridized carbons (Fsp3) is 0.353. The summed E-state index contributed by atoms with van der Waals surface area (Å²) in [6.07, 6.45) is 3.07. The number of rotatable bonds is 6. The molecular weight excluding hydrogens is 384 g/mol. The van der Waals surface area contributed by atoms with Gasteiger partial charge in [0.15, 0.2) is 21.3 Å². The van der Waals surface area contributed by atoms with Crippen molar-refractivity contribution in [2.75, 3.05) is 23.9 Å². The van der Waals surface area contributed by atoms with Crippen molar-refractivity contribution in [3.05, 3.63) is 30.1 Å². The van der Waals surface area contributed by atoms with Crippen LogP contribution in [0.2, 0.25) is 0 Å². The first-order chi connectivity index (χ1) is 14.3. The highest BCUT2D eigenvalue weighted by molar-refractivity contribution is 7.90. The average Bonchev–Trinajstić information content (AvgIpc) is 3.37. The van der Waals surface area contributed by atoms with Crippen molar-refractivity contribution in [1.82, 2.24) is 20.5 Å². The summed E-state index contributed by atoms with van der Waals surface area (Å²) in [7, 11) is -3.68. The third kappa shape index (κ3) is 4.25. The monoisotopic (exact) mass is 407 g/mol. The molecule has 0 radical (unpaired) electrons. The first kappa shape index (κ1) is 15.9. The van der Waals surface area contributed by atoms with E-state index in [9.17, 15) is 18.0 Å². The number of sulfone groups is 1. The van der Waals surface area contributed by atoms with E-state index in [0.717, 1.165) is 12.7 Å². The van der Waals surface area contributed by atoms with Gasteiger partial charge in [0.25, 0.3) is 5.91 Å². The maximum absolute atomic E-state index is 12.4. The number of nitrogens with zero attached hydrogens (tertiary/aromatic N) is 3. The fourth-order valence-electron chi connectivity index (χ4n) is 2.59. The van der Waals surface area contributed by atoms with Crippen LogP contribution in [0.5, 0.6) is 0 Å². The highest BCUT2D eigenvalue weighted by Crippen LogP contribution is 2.38. The van der Waals surface area contributed by atoms with Crippen LogP contribution in [0.3, 0.4) is 0 Å². The zero-order valence-corrected chi connectivity index (χ0v) is 15.9. The molecule has 2 amide bonds. The Morgan fingerprint density at radius 3 is 2.71 bits per heavy atom. The molecule has 10 nitrogen and oxygen atoms in total. The Morgan fingerprint density at radius 1 is 1.32 bits per heavy atom. The number of pyridine rings is 1. The second-order valence-corrected chi connectivity index (χ2v) is 8.49. The van der Waals surface area contributed by atoms with E-state index in [0.29, 0.717) is 0 Å². The third-order valence-electron chi connectivity index (χ3n) is 4.24. The molecule has 3 N–H and O–H groups in total. The number of hydrogen-bond donors (Lipinski definition) is 3. The number of aromatic nitrogens is 3. The molecule has 0 bridgehead atoms. The van der Waals surface area contributed by atoms with Crippen LogP contribution in [0.4, 0.5) is 17.3 Å². The number of carbonyl (C=O) groups is 2. The molecule has 1 fully saturated rings. The minimum Gasteiger partial charge on any atom is -0.354 e. The Kier molecular flexibility index (Phi) is 4.27. The van der Waals surface area contributed by atoms with Gasteiger partial charge in [0.1, 0.15) is 10.7 Å². The van der Waals surface area contributed by atoms with Crippen LogP contribution in [-0.4, -0.2) is 48.6 Å². The van der Waals surface area contributed by atoms with Gasteiger partial charge in [-0.3, -0.25) is 9.59 Å². The fourth-order valence-corrected chi connectivity index (χ4v) is 3.37. The molecule has 148 valence electrons. The van der Waals surface area contributed by atoms with Gasteiger partial charge >= 0.3 is 0 Å². The van der Waals surface area contributed by atoms with Gasteiger partial charge in [0, 0.05) is 35.5 Å². The molecular formula is C17H20N6O4S. The molecule has 0 unspecified atom stereocenters. The van der Waals surface area contributed by atoms with Crippen LogP contribution in [0.25, 0.3) is 0 Å². The lowest BCUT2D eigenvalue weighted by molar-refractivity contribution is -0.117. The van der Waals surface area contributed by atoms with Gasteiger partial charge in [-0.15, -0.1) is 10.2 Å². The van der Waals surface area contributed by atoms with Crippen molar-refractivity contribution < 1.29 is 22.1 Å². The standard InChI is InChI=1S/C17H20N6O4S/c1-9-7-10(9)16(24)21-13-8-11(14(23-22-13)17(25)18-2)20-15-12(28(3,26)27)5-4-6-19-15/h4-6,8-10H,7H2,1-3H3,(H,18,25)(H2,19,20,21,22,24)/t9-,10-/m1/s1/i2D3. The number of carbonyl (C=O) groups excluding carboxylic acids is 2. The lowest BCUT2D eigenvalue weighted by Crippen LogP contribution is -2.23. The van der Waals surface area contributed by atoms with Crippen LogP contribution in [0, 0.1) is 11.8 Å². The minimum atomic E-state index is -3.68. The molecule has 2 atom stereocenters. The number of anilines is 3. The SMILES string of the molecule is [2H]C([2H])([2H])NC(=O)c1nnc(NC(=O)[C@@H]2C[C@H]2C)cc1Nc1ncccc1S(C)(=O)=O. The summed E-state index contributed by atoms with van der Waals surface area (Å²) in [4.78, 5) is 28.4. The predicted octanol–water partition coefficient (Wildman–Crippen LogP) is 0.973. The molecule has 0 aliphatic heterocycles. The van der Waals surface area contributed by atoms with E-state index in [1.165, 1.54) is 24.4 Å². The maximum Gasteiger partial charge on any atom is 0.273 e. The lowest BCUT2D eigenvalue weighted by Gasteiger charge is -2.13. The molecule has 28 heavy (non-hydrogen) atoms. The number of amides is 2. The molecule has 2 heterocycles. The lowest BCUT2D eigenvalue weighted by atomic mass is 10.2. The van der Waals surface area contributed by atoms with Crippen LogP contribution in [-0.2, 0) is 14.6 Å². The van der Waals surface area contributed by atoms with E-state index in [4.69, 9.17) is 4.11 Å². The third-order valence-corrected chi connectivity index (χ3v) is 5.37. The van der Waals surface area contributed by atoms with E-state index in [2.05, 4.69) is 25.8 Å². The maximum atomic E-state index is 12.4. The Morgan fingerprint density at radius 2 is 2.07 bits per heavy atom. The molecule has 3 rings (SSSR count). The molecule has 1 aliphatic carbocycles. The van der Waals surface area contributed by atoms with Crippen molar-refractivity contribution in [2.45, 2.75) is 18.2 Å². The van der Waals surface area contributed by atoms with Gasteiger partial charge in [-0.2, -0.15) is 0 Å². The summed E-state index contributed by atoms with van der Waals surface area (Å²) in [5.41, 5.74) is -0.501. The summed E-state index contributed by atoms with van der Waals surface area (Å²) in [6.45, 7) is -0.854. The highest BCUT2D eigenvalue weighted by Gasteiger charge is 2.39. The largest absolute Gasteiger partial charge is 0.354 e. The first-order valence-electron chi connectivity index (χ1n) is 9.78. The topological polar surface area (TPSA) is 143 Å². The second-order valence-electron chi connectivity index (χ2n) is 6.50. The smallest absolute Gasteiger partial charge is 0.273 e. The van der Waals surface area contributed by atoms with Crippen LogP contribution in [0.15, 0.2) is 29.3 Å². The van der Waals surface area contributed by atoms with E-state index >= 15 is 0 Å². The van der Waals surface area contributed by atoms with Crippen molar-refractivity contribution in [1.29, 1.82) is 0 Å². The summed E-state index contributed by atoms with van der Waals surface area (Å²) < 4.78 is 45.7. The zero-order chi connectivity index (χ0) is 23.0. The van der Waals surface area contributed by atoms with E-state index in [1.54, 1.807) is 5.32 Å². The Balaban J connectivity index is 1.99. The summed E-state index contributed by atoms with van der Waals surface area (Å²) in [5.74, 6) is -1.32. The molecule has 1 aliphatic rings. The molecule has 11 heteroatoms. The van der Waals surface area contributed by atoms with Crippen molar-refractivity contribution in [2.24, 2.45) is 11.8 Å². The highest BCUT2D eigenvalue weighted by atomic mass is 32.2. The number of nitrogens with one attached hydrogen (secondary N) is 3. The molecule has 1 saturated carbocycles. The van der Waals surface area contributed by atoms with Crippen LogP contribution < -0.4 is 16.0 Å². The Labute approximate surface area is 166 Å². The minimum absolute atomic E-state index is 0.00821. The van der Waals surface area contributed by atoms with Gasteiger partial charge in [-0.1, -0.05) is 6.92 Å². The van der Waals surface area contributed by atoms with Gasteiger partial charge < -0.3 is 16.0 Å². The molecule has 0 spiro atoms. The van der Waals surface area contributed by atoms with Crippen LogP contribution >= 0.6 is 0 Å². The molecule has 0 saturated heterocycles. The molecule has 2 aromatic heterocycles. The van der Waals surface area contributed by atoms with E-state index in [1.807, 2.05) is 6.92 Å². The van der Waals surface area contributed by atoms with Crippen LogP contribution in [0.1, 0.15) is 27.9 Å². The quantitative estimate of drug-likeness (QED) is 0.643. The zero-order valence-electron chi connectivity index (χ0n) is 18.1. The van der Waals surface area contributed by atoms with Crippen molar-refractivity contribution in [3.63, 3.8) is 0 Å². The Bertz CT molecular complexity index is 1140. The van der Waals surface area contributed by atoms with Gasteiger partial charge in [-0.25, -0.2) is 13.4 Å². The van der Waals surface area contributed by atoms with Crippen molar-refractivity contribution in [3.8, 4) is 0 Å². The molecule has 2 aromatic rings. The normalized spacial score (nSPS) is 20.3.